The second-order valence-electron chi connectivity index (χ2n) is 5.55. The summed E-state index contributed by atoms with van der Waals surface area (Å²) in [6, 6.07) is 26.0. The van der Waals surface area contributed by atoms with Gasteiger partial charge in [-0.25, -0.2) is 0 Å². The van der Waals surface area contributed by atoms with Gasteiger partial charge >= 0.3 is 0 Å². The molecule has 0 saturated heterocycles. The molecule has 1 heteroatoms. The maximum Gasteiger partial charge on any atom is 0.162 e. The van der Waals surface area contributed by atoms with Gasteiger partial charge < -0.3 is 0 Å². The molecule has 0 aliphatic carbocycles. The average Bonchev–Trinajstić information content (AvgIpc) is 2.67. The van der Waals surface area contributed by atoms with Gasteiger partial charge in [-0.3, -0.25) is 4.79 Å². The van der Waals surface area contributed by atoms with E-state index in [2.05, 4.69) is 36.1 Å². The third-order valence-electron chi connectivity index (χ3n) is 3.87. The second kappa shape index (κ2) is 7.44. The summed E-state index contributed by atoms with van der Waals surface area (Å²) >= 11 is 0. The van der Waals surface area contributed by atoms with Crippen LogP contribution < -0.4 is 0 Å². The topological polar surface area (TPSA) is 17.1 Å². The fraction of sp³-hybridized carbons (Fsp3) is 0.0870. The Bertz CT molecular complexity index is 877. The van der Waals surface area contributed by atoms with E-state index < -0.39 is 0 Å². The van der Waals surface area contributed by atoms with Gasteiger partial charge in [0, 0.05) is 23.1 Å². The minimum Gasteiger partial charge on any atom is -0.294 e. The van der Waals surface area contributed by atoms with Crippen molar-refractivity contribution in [2.75, 3.05) is 0 Å². The summed E-state index contributed by atoms with van der Waals surface area (Å²) in [4.78, 5) is 11.6. The van der Waals surface area contributed by atoms with Crippen molar-refractivity contribution in [2.45, 2.75) is 13.3 Å². The number of hydrogen-bond acceptors (Lipinski definition) is 1. The molecule has 3 rings (SSSR count). The molecule has 0 amide bonds. The van der Waals surface area contributed by atoms with Crippen molar-refractivity contribution in [3.8, 4) is 23.0 Å². The van der Waals surface area contributed by atoms with Gasteiger partial charge in [-0.05, 0) is 35.4 Å². The highest BCUT2D eigenvalue weighted by Gasteiger charge is 2.01. The van der Waals surface area contributed by atoms with Crippen molar-refractivity contribution < 1.29 is 4.79 Å². The van der Waals surface area contributed by atoms with Gasteiger partial charge in [0.15, 0.2) is 5.78 Å². The van der Waals surface area contributed by atoms with Crippen LogP contribution in [0.4, 0.5) is 0 Å². The molecule has 0 aliphatic rings. The first kappa shape index (κ1) is 15.8. The molecule has 3 aromatic rings. The van der Waals surface area contributed by atoms with Crippen molar-refractivity contribution in [1.29, 1.82) is 0 Å². The van der Waals surface area contributed by atoms with E-state index in [9.17, 15) is 4.79 Å². The van der Waals surface area contributed by atoms with E-state index in [0.29, 0.717) is 6.42 Å². The number of hydrogen-bond donors (Lipinski definition) is 0. The van der Waals surface area contributed by atoms with Gasteiger partial charge in [-0.2, -0.15) is 0 Å². The zero-order valence-corrected chi connectivity index (χ0v) is 13.6. The summed E-state index contributed by atoms with van der Waals surface area (Å²) in [7, 11) is 0. The van der Waals surface area contributed by atoms with E-state index in [1.807, 2.05) is 61.5 Å². The SMILES string of the molecule is CCC(=O)c1ccc(C#Cc2ccc(-c3ccccc3)cc2)cc1. The average molecular weight is 310 g/mol. The van der Waals surface area contributed by atoms with Gasteiger partial charge in [-0.1, -0.05) is 73.4 Å². The molecule has 24 heavy (non-hydrogen) atoms. The molecule has 0 atom stereocenters. The van der Waals surface area contributed by atoms with Crippen LogP contribution >= 0.6 is 0 Å². The Balaban J connectivity index is 1.75. The number of rotatable bonds is 3. The summed E-state index contributed by atoms with van der Waals surface area (Å²) < 4.78 is 0. The lowest BCUT2D eigenvalue weighted by molar-refractivity contribution is 0.0988. The maximum absolute atomic E-state index is 11.6. The van der Waals surface area contributed by atoms with Crippen LogP contribution in [0.5, 0.6) is 0 Å². The smallest absolute Gasteiger partial charge is 0.162 e. The van der Waals surface area contributed by atoms with E-state index in [-0.39, 0.29) is 5.78 Å². The Morgan fingerprint density at radius 2 is 1.21 bits per heavy atom. The molecule has 116 valence electrons. The van der Waals surface area contributed by atoms with E-state index in [4.69, 9.17) is 0 Å². The first-order valence-corrected chi connectivity index (χ1v) is 8.07. The first-order valence-electron chi connectivity index (χ1n) is 8.07. The monoisotopic (exact) mass is 310 g/mol. The van der Waals surface area contributed by atoms with E-state index in [1.165, 1.54) is 11.1 Å². The lowest BCUT2D eigenvalue weighted by atomic mass is 10.0. The van der Waals surface area contributed by atoms with Gasteiger partial charge in [0.2, 0.25) is 0 Å². The highest BCUT2D eigenvalue weighted by Crippen LogP contribution is 2.18. The summed E-state index contributed by atoms with van der Waals surface area (Å²) in [5.41, 5.74) is 5.02. The Labute approximate surface area is 143 Å². The minimum absolute atomic E-state index is 0.158. The molecule has 0 fully saturated rings. The van der Waals surface area contributed by atoms with Crippen molar-refractivity contribution >= 4 is 5.78 Å². The lowest BCUT2D eigenvalue weighted by Crippen LogP contribution is -1.95. The second-order valence-corrected chi connectivity index (χ2v) is 5.55. The van der Waals surface area contributed by atoms with Crippen LogP contribution in [0, 0.1) is 11.8 Å². The molecule has 0 spiro atoms. The predicted octanol–water partition coefficient (Wildman–Crippen LogP) is 5.35. The molecule has 1 nitrogen and oxygen atoms in total. The van der Waals surface area contributed by atoms with Crippen LogP contribution in [0.2, 0.25) is 0 Å². The number of carbonyl (C=O) groups excluding carboxylic acids is 1. The molecular formula is C23H18O. The third kappa shape index (κ3) is 3.80. The van der Waals surface area contributed by atoms with Crippen molar-refractivity contribution in [1.82, 2.24) is 0 Å². The molecule has 0 bridgehead atoms. The summed E-state index contributed by atoms with van der Waals surface area (Å²) in [5.74, 6) is 6.47. The molecule has 0 N–H and O–H groups in total. The number of benzene rings is 3. The van der Waals surface area contributed by atoms with Gasteiger partial charge in [0.25, 0.3) is 0 Å². The standard InChI is InChI=1S/C23H18O/c1-2-23(24)22-16-12-19(13-17-22)9-8-18-10-14-21(15-11-18)20-6-4-3-5-7-20/h3-7,10-17H,2H2,1H3. The quantitative estimate of drug-likeness (QED) is 0.471. The van der Waals surface area contributed by atoms with Crippen LogP contribution in [0.15, 0.2) is 78.9 Å². The summed E-state index contributed by atoms with van der Waals surface area (Å²) in [5, 5.41) is 0. The number of Topliss-reactive ketones (excluding diaryl/α,β-unsaturated/α-hetero) is 1. The van der Waals surface area contributed by atoms with Crippen LogP contribution in [0.25, 0.3) is 11.1 Å². The largest absolute Gasteiger partial charge is 0.294 e. The van der Waals surface area contributed by atoms with Gasteiger partial charge in [-0.15, -0.1) is 0 Å². The molecule has 0 aliphatic heterocycles. The van der Waals surface area contributed by atoms with Crippen molar-refractivity contribution in [3.63, 3.8) is 0 Å². The Morgan fingerprint density at radius 1 is 0.708 bits per heavy atom. The van der Waals surface area contributed by atoms with E-state index in [0.717, 1.165) is 16.7 Å². The molecule has 3 aromatic carbocycles. The highest BCUT2D eigenvalue weighted by atomic mass is 16.1. The molecule has 0 aromatic heterocycles. The van der Waals surface area contributed by atoms with Gasteiger partial charge in [0.05, 0.1) is 0 Å². The third-order valence-corrected chi connectivity index (χ3v) is 3.87. The molecular weight excluding hydrogens is 292 g/mol. The molecule has 0 heterocycles. The van der Waals surface area contributed by atoms with Crippen LogP contribution in [-0.4, -0.2) is 5.78 Å². The van der Waals surface area contributed by atoms with Crippen LogP contribution in [-0.2, 0) is 0 Å². The fourth-order valence-corrected chi connectivity index (χ4v) is 2.46. The van der Waals surface area contributed by atoms with Gasteiger partial charge in [0.1, 0.15) is 0 Å². The van der Waals surface area contributed by atoms with Crippen LogP contribution in [0.3, 0.4) is 0 Å². The Kier molecular flexibility index (Phi) is 4.89. The Hall–Kier alpha value is -3.11. The van der Waals surface area contributed by atoms with Crippen molar-refractivity contribution in [3.05, 3.63) is 95.6 Å². The summed E-state index contributed by atoms with van der Waals surface area (Å²) in [6.07, 6.45) is 0.527. The molecule has 0 unspecified atom stereocenters. The zero-order valence-electron chi connectivity index (χ0n) is 13.6. The summed E-state index contributed by atoms with van der Waals surface area (Å²) in [6.45, 7) is 1.87. The predicted molar refractivity (Wildman–Crippen MR) is 98.9 cm³/mol. The lowest BCUT2D eigenvalue weighted by Gasteiger charge is -2.01. The van der Waals surface area contributed by atoms with E-state index in [1.54, 1.807) is 0 Å². The van der Waals surface area contributed by atoms with Crippen molar-refractivity contribution in [2.24, 2.45) is 0 Å². The first-order chi connectivity index (χ1) is 11.8. The minimum atomic E-state index is 0.158. The normalized spacial score (nSPS) is 9.88. The number of carbonyl (C=O) groups is 1. The maximum atomic E-state index is 11.6. The molecule has 0 saturated carbocycles. The highest BCUT2D eigenvalue weighted by molar-refractivity contribution is 5.95. The Morgan fingerprint density at radius 3 is 1.75 bits per heavy atom. The number of ketones is 1. The molecule has 0 radical (unpaired) electrons. The fourth-order valence-electron chi connectivity index (χ4n) is 2.46. The van der Waals surface area contributed by atoms with E-state index >= 15 is 0 Å². The van der Waals surface area contributed by atoms with Crippen LogP contribution in [0.1, 0.15) is 34.8 Å². The zero-order chi connectivity index (χ0) is 16.8.